The second-order valence-electron chi connectivity index (χ2n) is 4.91. The van der Waals surface area contributed by atoms with Crippen LogP contribution in [0.3, 0.4) is 0 Å². The maximum atomic E-state index is 5.41. The van der Waals surface area contributed by atoms with Gasteiger partial charge in [-0.1, -0.05) is 5.92 Å². The fraction of sp³-hybridized carbons (Fsp3) is 0.786. The van der Waals surface area contributed by atoms with Crippen LogP contribution < -0.4 is 5.32 Å². The molecule has 2 saturated heterocycles. The van der Waals surface area contributed by atoms with Gasteiger partial charge in [-0.25, -0.2) is 4.99 Å². The second-order valence-corrected chi connectivity index (χ2v) is 4.91. The molecule has 20 heavy (non-hydrogen) atoms. The quantitative estimate of drug-likeness (QED) is 0.331. The molecule has 2 aliphatic rings. The van der Waals surface area contributed by atoms with Crippen LogP contribution in [-0.2, 0) is 4.74 Å². The fourth-order valence-corrected chi connectivity index (χ4v) is 2.72. The van der Waals surface area contributed by atoms with Crippen molar-refractivity contribution < 1.29 is 4.74 Å². The third-order valence-corrected chi connectivity index (χ3v) is 3.68. The second kappa shape index (κ2) is 9.42. The number of nitrogens with one attached hydrogen (secondary N) is 1. The number of aliphatic imine (C=N–C) groups is 1. The molecule has 1 atom stereocenters. The molecule has 1 N–H and O–H groups in total. The summed E-state index contributed by atoms with van der Waals surface area (Å²) in [5, 5.41) is 3.32. The molecule has 0 bridgehead atoms. The van der Waals surface area contributed by atoms with Crippen LogP contribution in [0.5, 0.6) is 0 Å². The number of terminal acetylenes is 1. The molecule has 0 aromatic rings. The lowest BCUT2D eigenvalue weighted by Gasteiger charge is -2.32. The van der Waals surface area contributed by atoms with Crippen molar-refractivity contribution in [1.82, 2.24) is 15.1 Å². The van der Waals surface area contributed by atoms with E-state index in [0.29, 0.717) is 12.6 Å². The van der Waals surface area contributed by atoms with Gasteiger partial charge in [0, 0.05) is 38.8 Å². The van der Waals surface area contributed by atoms with Crippen LogP contribution in [-0.4, -0.2) is 74.3 Å². The minimum Gasteiger partial charge on any atom is -0.379 e. The van der Waals surface area contributed by atoms with Gasteiger partial charge in [0.05, 0.1) is 13.2 Å². The van der Waals surface area contributed by atoms with E-state index in [2.05, 4.69) is 33.0 Å². The molecule has 0 radical (unpaired) electrons. The third-order valence-electron chi connectivity index (χ3n) is 3.68. The smallest absolute Gasteiger partial charge is 0.194 e. The van der Waals surface area contributed by atoms with Crippen LogP contribution in [0, 0.1) is 12.3 Å². The van der Waals surface area contributed by atoms with Gasteiger partial charge < -0.3 is 15.0 Å². The molecule has 0 saturated carbocycles. The monoisotopic (exact) mass is 392 g/mol. The molecule has 2 rings (SSSR count). The van der Waals surface area contributed by atoms with Gasteiger partial charge in [0.1, 0.15) is 6.54 Å². The van der Waals surface area contributed by atoms with Gasteiger partial charge in [-0.05, 0) is 13.3 Å². The van der Waals surface area contributed by atoms with Crippen molar-refractivity contribution in [3.8, 4) is 12.3 Å². The summed E-state index contributed by atoms with van der Waals surface area (Å²) >= 11 is 0. The van der Waals surface area contributed by atoms with Gasteiger partial charge in [0.15, 0.2) is 5.96 Å². The van der Waals surface area contributed by atoms with Crippen LogP contribution in [0.15, 0.2) is 4.99 Å². The van der Waals surface area contributed by atoms with E-state index in [1.54, 1.807) is 0 Å². The molecule has 2 heterocycles. The first-order chi connectivity index (χ1) is 9.35. The molecule has 1 unspecified atom stereocenters. The highest BCUT2D eigenvalue weighted by atomic mass is 127. The van der Waals surface area contributed by atoms with E-state index in [9.17, 15) is 0 Å². The molecule has 0 amide bonds. The Hall–Kier alpha value is -0.520. The van der Waals surface area contributed by atoms with Gasteiger partial charge in [0.2, 0.25) is 0 Å². The van der Waals surface area contributed by atoms with E-state index < -0.39 is 0 Å². The number of morpholine rings is 1. The molecule has 6 heteroatoms. The lowest BCUT2D eigenvalue weighted by Crippen LogP contribution is -2.46. The molecule has 2 aliphatic heterocycles. The third kappa shape index (κ3) is 4.79. The van der Waals surface area contributed by atoms with Crippen LogP contribution in [0.1, 0.15) is 13.3 Å². The average Bonchev–Trinajstić information content (AvgIpc) is 2.94. The Morgan fingerprint density at radius 2 is 2.15 bits per heavy atom. The molecule has 0 aliphatic carbocycles. The maximum Gasteiger partial charge on any atom is 0.194 e. The van der Waals surface area contributed by atoms with Crippen molar-refractivity contribution in [2.75, 3.05) is 52.5 Å². The normalized spacial score (nSPS) is 24.1. The van der Waals surface area contributed by atoms with E-state index in [0.717, 1.165) is 51.9 Å². The number of ether oxygens (including phenoxy) is 1. The van der Waals surface area contributed by atoms with Gasteiger partial charge in [-0.15, -0.1) is 30.4 Å². The number of hydrogen-bond donors (Lipinski definition) is 1. The van der Waals surface area contributed by atoms with Crippen LogP contribution >= 0.6 is 24.0 Å². The van der Waals surface area contributed by atoms with E-state index >= 15 is 0 Å². The van der Waals surface area contributed by atoms with Gasteiger partial charge in [0.25, 0.3) is 0 Å². The molecule has 5 nitrogen and oxygen atoms in total. The van der Waals surface area contributed by atoms with Crippen molar-refractivity contribution in [2.24, 2.45) is 4.99 Å². The zero-order valence-electron chi connectivity index (χ0n) is 12.2. The Morgan fingerprint density at radius 1 is 1.40 bits per heavy atom. The Labute approximate surface area is 139 Å². The molecule has 0 aromatic carbocycles. The Kier molecular flexibility index (Phi) is 8.26. The van der Waals surface area contributed by atoms with Crippen molar-refractivity contribution >= 4 is 29.9 Å². The number of rotatable bonds is 3. The molecule has 0 spiro atoms. The molecule has 2 fully saturated rings. The standard InChI is InChI=1S/C14H24N4O.HI/c1-3-6-16-14(15-4-2)18-7-5-13(12-18)17-8-10-19-11-9-17;/h1,13H,4-12H2,2H3,(H,15,16);1H. The average molecular weight is 392 g/mol. The summed E-state index contributed by atoms with van der Waals surface area (Å²) in [5.41, 5.74) is 0. The molecule has 0 aromatic heterocycles. The summed E-state index contributed by atoms with van der Waals surface area (Å²) in [6.07, 6.45) is 6.49. The fourth-order valence-electron chi connectivity index (χ4n) is 2.72. The van der Waals surface area contributed by atoms with E-state index in [-0.39, 0.29) is 24.0 Å². The number of halogens is 1. The first-order valence-corrected chi connectivity index (χ1v) is 7.13. The number of hydrogen-bond acceptors (Lipinski definition) is 3. The lowest BCUT2D eigenvalue weighted by molar-refractivity contribution is 0.0195. The number of guanidine groups is 1. The maximum absolute atomic E-state index is 5.41. The van der Waals surface area contributed by atoms with Crippen molar-refractivity contribution in [1.29, 1.82) is 0 Å². The summed E-state index contributed by atoms with van der Waals surface area (Å²) in [4.78, 5) is 9.30. The van der Waals surface area contributed by atoms with Gasteiger partial charge in [-0.3, -0.25) is 4.90 Å². The van der Waals surface area contributed by atoms with E-state index in [4.69, 9.17) is 11.2 Å². The summed E-state index contributed by atoms with van der Waals surface area (Å²) in [7, 11) is 0. The lowest BCUT2D eigenvalue weighted by atomic mass is 10.2. The largest absolute Gasteiger partial charge is 0.379 e. The van der Waals surface area contributed by atoms with Crippen molar-refractivity contribution in [3.63, 3.8) is 0 Å². The SMILES string of the molecule is C#CCN=C(NCC)N1CCC(N2CCOCC2)C1.I. The summed E-state index contributed by atoms with van der Waals surface area (Å²) < 4.78 is 5.41. The Balaban J connectivity index is 0.00000200. The van der Waals surface area contributed by atoms with Crippen LogP contribution in [0.2, 0.25) is 0 Å². The van der Waals surface area contributed by atoms with Crippen LogP contribution in [0.4, 0.5) is 0 Å². The highest BCUT2D eigenvalue weighted by Gasteiger charge is 2.30. The van der Waals surface area contributed by atoms with E-state index in [1.165, 1.54) is 6.42 Å². The van der Waals surface area contributed by atoms with Gasteiger partial charge in [-0.2, -0.15) is 0 Å². The number of likely N-dealkylation sites (tertiary alicyclic amines) is 1. The highest BCUT2D eigenvalue weighted by molar-refractivity contribution is 14.0. The molecular formula is C14H25IN4O. The number of nitrogens with zero attached hydrogens (tertiary/aromatic N) is 3. The minimum absolute atomic E-state index is 0. The zero-order chi connectivity index (χ0) is 13.5. The topological polar surface area (TPSA) is 40.1 Å². The zero-order valence-corrected chi connectivity index (χ0v) is 14.5. The van der Waals surface area contributed by atoms with Crippen molar-refractivity contribution in [2.45, 2.75) is 19.4 Å². The summed E-state index contributed by atoms with van der Waals surface area (Å²) in [5.74, 6) is 3.53. The Morgan fingerprint density at radius 3 is 2.80 bits per heavy atom. The Bertz CT molecular complexity index is 350. The first-order valence-electron chi connectivity index (χ1n) is 7.13. The predicted molar refractivity (Wildman–Crippen MR) is 92.6 cm³/mol. The van der Waals surface area contributed by atoms with E-state index in [1.807, 2.05) is 0 Å². The summed E-state index contributed by atoms with van der Waals surface area (Å²) in [6.45, 7) is 9.33. The highest BCUT2D eigenvalue weighted by Crippen LogP contribution is 2.16. The molecule has 114 valence electrons. The molecular weight excluding hydrogens is 367 g/mol. The summed E-state index contributed by atoms with van der Waals surface area (Å²) in [6, 6.07) is 0.624. The van der Waals surface area contributed by atoms with Gasteiger partial charge >= 0.3 is 0 Å². The minimum atomic E-state index is 0. The van der Waals surface area contributed by atoms with Crippen LogP contribution in [0.25, 0.3) is 0 Å². The first kappa shape index (κ1) is 17.5. The van der Waals surface area contributed by atoms with Crippen molar-refractivity contribution in [3.05, 3.63) is 0 Å². The predicted octanol–water partition coefficient (Wildman–Crippen LogP) is 0.610.